The van der Waals surface area contributed by atoms with E-state index in [2.05, 4.69) is 5.32 Å². The van der Waals surface area contributed by atoms with Crippen molar-refractivity contribution in [3.05, 3.63) is 53.6 Å². The summed E-state index contributed by atoms with van der Waals surface area (Å²) >= 11 is 0. The van der Waals surface area contributed by atoms with E-state index in [0.717, 1.165) is 17.4 Å². The molecule has 0 saturated heterocycles. The lowest BCUT2D eigenvalue weighted by Gasteiger charge is -2.09. The van der Waals surface area contributed by atoms with Crippen molar-refractivity contribution < 1.29 is 17.9 Å². The average Bonchev–Trinajstić information content (AvgIpc) is 2.48. The molecule has 0 spiro atoms. The molecule has 0 aliphatic rings. The summed E-state index contributed by atoms with van der Waals surface area (Å²) in [5.41, 5.74) is 2.97. The van der Waals surface area contributed by atoms with Gasteiger partial charge in [-0.05, 0) is 61.4 Å². The molecule has 0 aliphatic carbocycles. The summed E-state index contributed by atoms with van der Waals surface area (Å²) in [6.45, 7) is 3.83. The number of benzene rings is 2. The summed E-state index contributed by atoms with van der Waals surface area (Å²) in [5, 5.41) is 2.76. The maximum absolute atomic E-state index is 11.9. The maximum atomic E-state index is 11.9. The van der Waals surface area contributed by atoms with Crippen LogP contribution < -0.4 is 10.1 Å². The third-order valence-corrected chi connectivity index (χ3v) is 4.54. The fourth-order valence-electron chi connectivity index (χ4n) is 1.95. The largest absolute Gasteiger partial charge is 0.484 e. The number of nitrogens with one attached hydrogen (secondary N) is 1. The van der Waals surface area contributed by atoms with Crippen molar-refractivity contribution >= 4 is 21.4 Å². The Balaban J connectivity index is 1.92. The topological polar surface area (TPSA) is 72.5 Å². The van der Waals surface area contributed by atoms with E-state index >= 15 is 0 Å². The Kier molecular flexibility index (Phi) is 5.05. The molecule has 2 rings (SSSR count). The van der Waals surface area contributed by atoms with Crippen LogP contribution in [-0.2, 0) is 14.6 Å². The van der Waals surface area contributed by atoms with Crippen molar-refractivity contribution in [3.8, 4) is 5.75 Å². The molecule has 0 radical (unpaired) electrons. The molecular weight excluding hydrogens is 314 g/mol. The molecule has 0 aliphatic heterocycles. The van der Waals surface area contributed by atoms with Gasteiger partial charge in [0, 0.05) is 11.9 Å². The Hall–Kier alpha value is -2.34. The Morgan fingerprint density at radius 3 is 2.26 bits per heavy atom. The predicted molar refractivity (Wildman–Crippen MR) is 89.6 cm³/mol. The van der Waals surface area contributed by atoms with Gasteiger partial charge in [-0.15, -0.1) is 0 Å². The molecule has 2 aromatic rings. The Morgan fingerprint density at radius 1 is 1.04 bits per heavy atom. The number of ether oxygens (including phenoxy) is 1. The maximum Gasteiger partial charge on any atom is 0.262 e. The van der Waals surface area contributed by atoms with Crippen LogP contribution in [0, 0.1) is 13.8 Å². The third kappa shape index (κ3) is 4.82. The molecule has 0 fully saturated rings. The van der Waals surface area contributed by atoms with Crippen molar-refractivity contribution in [2.45, 2.75) is 18.7 Å². The van der Waals surface area contributed by atoms with Crippen molar-refractivity contribution in [1.29, 1.82) is 0 Å². The van der Waals surface area contributed by atoms with Crippen LogP contribution in [0.3, 0.4) is 0 Å². The molecule has 122 valence electrons. The number of amides is 1. The fraction of sp³-hybridized carbons (Fsp3) is 0.235. The first-order valence-electron chi connectivity index (χ1n) is 7.06. The zero-order valence-electron chi connectivity index (χ0n) is 13.3. The monoisotopic (exact) mass is 333 g/mol. The molecule has 1 N–H and O–H groups in total. The second kappa shape index (κ2) is 6.83. The molecule has 23 heavy (non-hydrogen) atoms. The van der Waals surface area contributed by atoms with Crippen LogP contribution >= 0.6 is 0 Å². The number of anilines is 1. The van der Waals surface area contributed by atoms with Crippen LogP contribution in [0.5, 0.6) is 5.75 Å². The van der Waals surface area contributed by atoms with E-state index in [-0.39, 0.29) is 17.4 Å². The van der Waals surface area contributed by atoms with Gasteiger partial charge in [0.1, 0.15) is 5.75 Å². The van der Waals surface area contributed by atoms with Gasteiger partial charge in [0.05, 0.1) is 4.90 Å². The summed E-state index contributed by atoms with van der Waals surface area (Å²) < 4.78 is 28.1. The fourth-order valence-corrected chi connectivity index (χ4v) is 2.58. The first kappa shape index (κ1) is 17.0. The van der Waals surface area contributed by atoms with Crippen molar-refractivity contribution in [3.63, 3.8) is 0 Å². The number of hydrogen-bond acceptors (Lipinski definition) is 4. The molecule has 1 amide bonds. The lowest BCUT2D eigenvalue weighted by molar-refractivity contribution is -0.118. The van der Waals surface area contributed by atoms with Crippen LogP contribution in [0.1, 0.15) is 11.1 Å². The molecule has 2 aromatic carbocycles. The first-order valence-corrected chi connectivity index (χ1v) is 8.95. The van der Waals surface area contributed by atoms with Gasteiger partial charge in [0.15, 0.2) is 16.4 Å². The lowest BCUT2D eigenvalue weighted by Crippen LogP contribution is -2.20. The summed E-state index contributed by atoms with van der Waals surface area (Å²) in [6.07, 6.45) is 1.14. The molecule has 0 saturated carbocycles. The highest BCUT2D eigenvalue weighted by Crippen LogP contribution is 2.16. The molecular formula is C17H19NO4S. The first-order chi connectivity index (χ1) is 10.8. The van der Waals surface area contributed by atoms with Gasteiger partial charge in [-0.25, -0.2) is 8.42 Å². The van der Waals surface area contributed by atoms with E-state index in [1.807, 2.05) is 32.0 Å². The Morgan fingerprint density at radius 2 is 1.70 bits per heavy atom. The predicted octanol–water partition coefficient (Wildman–Crippen LogP) is 2.72. The molecule has 0 heterocycles. The zero-order valence-corrected chi connectivity index (χ0v) is 14.1. The summed E-state index contributed by atoms with van der Waals surface area (Å²) in [5.74, 6) is 0.160. The van der Waals surface area contributed by atoms with Crippen LogP contribution in [0.25, 0.3) is 0 Å². The van der Waals surface area contributed by atoms with Crippen LogP contribution in [0.15, 0.2) is 47.4 Å². The standard InChI is InChI=1S/C17H19NO4S/c1-12-4-5-14(10-13(12)2)18-17(19)11-22-15-6-8-16(9-7-15)23(3,20)21/h4-10H,11H2,1-3H3,(H,18,19). The van der Waals surface area contributed by atoms with E-state index in [9.17, 15) is 13.2 Å². The average molecular weight is 333 g/mol. The van der Waals surface area contributed by atoms with E-state index in [4.69, 9.17) is 4.74 Å². The van der Waals surface area contributed by atoms with Gasteiger partial charge >= 0.3 is 0 Å². The quantitative estimate of drug-likeness (QED) is 0.913. The van der Waals surface area contributed by atoms with Gasteiger partial charge in [-0.1, -0.05) is 6.07 Å². The van der Waals surface area contributed by atoms with Crippen LogP contribution in [0.2, 0.25) is 0 Å². The minimum atomic E-state index is -3.23. The SMILES string of the molecule is Cc1ccc(NC(=O)COc2ccc(S(C)(=O)=O)cc2)cc1C. The minimum absolute atomic E-state index is 0.148. The highest BCUT2D eigenvalue weighted by molar-refractivity contribution is 7.90. The number of aryl methyl sites for hydroxylation is 2. The van der Waals surface area contributed by atoms with Gasteiger partial charge in [-0.2, -0.15) is 0 Å². The van der Waals surface area contributed by atoms with Crippen LogP contribution in [0.4, 0.5) is 5.69 Å². The smallest absolute Gasteiger partial charge is 0.262 e. The molecule has 5 nitrogen and oxygen atoms in total. The molecule has 6 heteroatoms. The highest BCUT2D eigenvalue weighted by Gasteiger charge is 2.08. The third-order valence-electron chi connectivity index (χ3n) is 3.41. The second-order valence-corrected chi connectivity index (χ2v) is 7.40. The van der Waals surface area contributed by atoms with E-state index < -0.39 is 9.84 Å². The molecule has 0 atom stereocenters. The summed E-state index contributed by atoms with van der Waals surface area (Å²) in [7, 11) is -3.23. The van der Waals surface area contributed by atoms with Crippen molar-refractivity contribution in [1.82, 2.24) is 0 Å². The van der Waals surface area contributed by atoms with Crippen molar-refractivity contribution in [2.75, 3.05) is 18.2 Å². The second-order valence-electron chi connectivity index (χ2n) is 5.38. The van der Waals surface area contributed by atoms with Gasteiger partial charge in [0.2, 0.25) is 0 Å². The van der Waals surface area contributed by atoms with E-state index in [1.54, 1.807) is 0 Å². The summed E-state index contributed by atoms with van der Waals surface area (Å²) in [6, 6.07) is 11.6. The number of carbonyl (C=O) groups excluding carboxylic acids is 1. The number of hydrogen-bond donors (Lipinski definition) is 1. The van der Waals surface area contributed by atoms with Gasteiger partial charge < -0.3 is 10.1 Å². The Labute approximate surface area is 136 Å². The lowest BCUT2D eigenvalue weighted by atomic mass is 10.1. The molecule has 0 aromatic heterocycles. The number of carbonyl (C=O) groups is 1. The Bertz CT molecular complexity index is 811. The molecule has 0 unspecified atom stereocenters. The normalized spacial score (nSPS) is 11.1. The minimum Gasteiger partial charge on any atom is -0.484 e. The van der Waals surface area contributed by atoms with Crippen molar-refractivity contribution in [2.24, 2.45) is 0 Å². The highest BCUT2D eigenvalue weighted by atomic mass is 32.2. The zero-order chi connectivity index (χ0) is 17.0. The van der Waals surface area contributed by atoms with Gasteiger partial charge in [0.25, 0.3) is 5.91 Å². The number of sulfone groups is 1. The summed E-state index contributed by atoms with van der Waals surface area (Å²) in [4.78, 5) is 12.1. The molecule has 0 bridgehead atoms. The van der Waals surface area contributed by atoms with Crippen LogP contribution in [-0.4, -0.2) is 27.2 Å². The van der Waals surface area contributed by atoms with Gasteiger partial charge in [-0.3, -0.25) is 4.79 Å². The van der Waals surface area contributed by atoms with E-state index in [0.29, 0.717) is 11.4 Å². The van der Waals surface area contributed by atoms with E-state index in [1.165, 1.54) is 24.3 Å². The number of rotatable bonds is 5.